The number of halogens is 2. The molecule has 0 fully saturated rings. The third kappa shape index (κ3) is 4.62. The second-order valence-corrected chi connectivity index (χ2v) is 9.33. The summed E-state index contributed by atoms with van der Waals surface area (Å²) in [5.41, 5.74) is 0.854. The fraction of sp³-hybridized carbons (Fsp3) is 0.125. The fourth-order valence-electron chi connectivity index (χ4n) is 3.80. The van der Waals surface area contributed by atoms with E-state index in [0.717, 1.165) is 35.2 Å². The summed E-state index contributed by atoms with van der Waals surface area (Å²) in [6.07, 6.45) is 0. The maximum Gasteiger partial charge on any atom is 0.328 e. The van der Waals surface area contributed by atoms with Gasteiger partial charge in [-0.2, -0.15) is 0 Å². The first kappa shape index (κ1) is 24.0. The molecule has 0 amide bonds. The van der Waals surface area contributed by atoms with E-state index in [-0.39, 0.29) is 28.3 Å². The number of H-pyrrole nitrogens is 1. The Labute approximate surface area is 199 Å². The Kier molecular flexibility index (Phi) is 6.35. The monoisotopic (exact) mass is 502 g/mol. The van der Waals surface area contributed by atoms with Gasteiger partial charge in [0.25, 0.3) is 10.0 Å². The predicted molar refractivity (Wildman–Crippen MR) is 126 cm³/mol. The average Bonchev–Trinajstić information content (AvgIpc) is 3.22. The lowest BCUT2D eigenvalue weighted by atomic mass is 10.1. The van der Waals surface area contributed by atoms with E-state index < -0.39 is 32.9 Å². The van der Waals surface area contributed by atoms with Crippen molar-refractivity contribution < 1.29 is 36.6 Å². The molecule has 182 valence electrons. The van der Waals surface area contributed by atoms with Crippen LogP contribution in [0.4, 0.5) is 14.5 Å². The Balaban J connectivity index is 1.76. The third-order valence-corrected chi connectivity index (χ3v) is 6.96. The summed E-state index contributed by atoms with van der Waals surface area (Å²) in [6, 6.07) is 14.3. The molecule has 11 heteroatoms. The number of fused-ring (bicyclic) bond motifs is 1. The highest BCUT2D eigenvalue weighted by atomic mass is 32.2. The predicted octanol–water partition coefficient (Wildman–Crippen LogP) is 4.70. The normalized spacial score (nSPS) is 12.3. The average molecular weight is 502 g/mol. The lowest BCUT2D eigenvalue weighted by Crippen LogP contribution is -2.28. The second-order valence-electron chi connectivity index (χ2n) is 7.57. The number of anilines is 1. The minimum atomic E-state index is -4.70. The van der Waals surface area contributed by atoms with Gasteiger partial charge in [0.15, 0.2) is 23.1 Å². The van der Waals surface area contributed by atoms with Crippen LogP contribution in [0.25, 0.3) is 22.2 Å². The number of methoxy groups -OCH3 is 2. The first-order valence-corrected chi connectivity index (χ1v) is 11.7. The molecular formula is C24H20F2N2O6S. The van der Waals surface area contributed by atoms with Gasteiger partial charge >= 0.3 is 5.97 Å². The SMILES string of the molecule is COc1ccc(C(C(=O)O)S(=O)(=O)Nc2cc(F)c(OC)c(-c3cc4ccccc4[nH]3)c2)cc1F. The molecule has 1 aromatic heterocycles. The molecule has 0 radical (unpaired) electrons. The first-order valence-electron chi connectivity index (χ1n) is 10.2. The van der Waals surface area contributed by atoms with E-state index >= 15 is 0 Å². The van der Waals surface area contributed by atoms with E-state index in [1.54, 1.807) is 6.07 Å². The molecule has 1 heterocycles. The van der Waals surface area contributed by atoms with Crippen molar-refractivity contribution in [1.82, 2.24) is 4.98 Å². The maximum absolute atomic E-state index is 14.9. The Morgan fingerprint density at radius 2 is 1.74 bits per heavy atom. The van der Waals surface area contributed by atoms with E-state index in [1.807, 2.05) is 24.3 Å². The molecule has 1 atom stereocenters. The van der Waals surface area contributed by atoms with E-state index in [1.165, 1.54) is 20.3 Å². The molecule has 3 N–H and O–H groups in total. The minimum absolute atomic E-state index is 0.133. The fourth-order valence-corrected chi connectivity index (χ4v) is 5.14. The maximum atomic E-state index is 14.9. The zero-order valence-electron chi connectivity index (χ0n) is 18.5. The highest BCUT2D eigenvalue weighted by Crippen LogP contribution is 2.37. The number of nitrogens with one attached hydrogen (secondary N) is 2. The van der Waals surface area contributed by atoms with Crippen LogP contribution in [0.5, 0.6) is 11.5 Å². The van der Waals surface area contributed by atoms with Crippen molar-refractivity contribution in [2.75, 3.05) is 18.9 Å². The number of hydrogen-bond donors (Lipinski definition) is 3. The Hall–Kier alpha value is -4.12. The Bertz CT molecular complexity index is 1500. The van der Waals surface area contributed by atoms with E-state index in [4.69, 9.17) is 9.47 Å². The van der Waals surface area contributed by atoms with Gasteiger partial charge in [0.1, 0.15) is 0 Å². The summed E-state index contributed by atoms with van der Waals surface area (Å²) < 4.78 is 67.2. The van der Waals surface area contributed by atoms with Crippen LogP contribution >= 0.6 is 0 Å². The van der Waals surface area contributed by atoms with Gasteiger partial charge in [-0.05, 0) is 35.9 Å². The summed E-state index contributed by atoms with van der Waals surface area (Å²) in [4.78, 5) is 15.0. The van der Waals surface area contributed by atoms with Crippen molar-refractivity contribution in [2.45, 2.75) is 5.25 Å². The van der Waals surface area contributed by atoms with Crippen molar-refractivity contribution in [2.24, 2.45) is 0 Å². The molecule has 0 aliphatic heterocycles. The number of aromatic nitrogens is 1. The van der Waals surface area contributed by atoms with Gasteiger partial charge in [-0.3, -0.25) is 9.52 Å². The molecule has 0 bridgehead atoms. The number of aliphatic carboxylic acids is 1. The molecule has 1 unspecified atom stereocenters. The summed E-state index contributed by atoms with van der Waals surface area (Å²) >= 11 is 0. The van der Waals surface area contributed by atoms with Crippen LogP contribution in [0.2, 0.25) is 0 Å². The molecule has 0 aliphatic rings. The summed E-state index contributed by atoms with van der Waals surface area (Å²) in [6.45, 7) is 0. The molecule has 8 nitrogen and oxygen atoms in total. The summed E-state index contributed by atoms with van der Waals surface area (Å²) in [7, 11) is -2.21. The number of rotatable bonds is 8. The van der Waals surface area contributed by atoms with Gasteiger partial charge in [0, 0.05) is 22.5 Å². The highest BCUT2D eigenvalue weighted by Gasteiger charge is 2.35. The van der Waals surface area contributed by atoms with Crippen LogP contribution in [-0.4, -0.2) is 38.7 Å². The molecule has 0 spiro atoms. The van der Waals surface area contributed by atoms with Gasteiger partial charge in [0.2, 0.25) is 5.25 Å². The molecule has 0 aliphatic carbocycles. The van der Waals surface area contributed by atoms with Crippen molar-refractivity contribution in [3.05, 3.63) is 77.9 Å². The zero-order chi connectivity index (χ0) is 25.3. The zero-order valence-corrected chi connectivity index (χ0v) is 19.3. The van der Waals surface area contributed by atoms with Gasteiger partial charge in [-0.1, -0.05) is 24.3 Å². The van der Waals surface area contributed by atoms with Crippen LogP contribution in [0.15, 0.2) is 60.7 Å². The number of hydrogen-bond acceptors (Lipinski definition) is 5. The number of ether oxygens (including phenoxy) is 2. The molecule has 4 aromatic rings. The molecule has 3 aromatic carbocycles. The van der Waals surface area contributed by atoms with Crippen molar-refractivity contribution in [1.29, 1.82) is 0 Å². The summed E-state index contributed by atoms with van der Waals surface area (Å²) in [5, 5.41) is 8.30. The Morgan fingerprint density at radius 1 is 1.00 bits per heavy atom. The van der Waals surface area contributed by atoms with Crippen LogP contribution in [-0.2, 0) is 14.8 Å². The number of benzene rings is 3. The number of carboxylic acids is 1. The molecule has 0 saturated carbocycles. The molecule has 35 heavy (non-hydrogen) atoms. The van der Waals surface area contributed by atoms with Crippen molar-refractivity contribution >= 4 is 32.6 Å². The minimum Gasteiger partial charge on any atom is -0.494 e. The van der Waals surface area contributed by atoms with Crippen LogP contribution in [0, 0.1) is 11.6 Å². The topological polar surface area (TPSA) is 118 Å². The lowest BCUT2D eigenvalue weighted by Gasteiger charge is -2.18. The second kappa shape index (κ2) is 9.26. The molecule has 0 saturated heterocycles. The number of aromatic amines is 1. The number of carbonyl (C=O) groups is 1. The van der Waals surface area contributed by atoms with E-state index in [2.05, 4.69) is 9.71 Å². The smallest absolute Gasteiger partial charge is 0.328 e. The largest absolute Gasteiger partial charge is 0.494 e. The summed E-state index contributed by atoms with van der Waals surface area (Å²) in [5.74, 6) is -3.85. The van der Waals surface area contributed by atoms with E-state index in [9.17, 15) is 27.1 Å². The van der Waals surface area contributed by atoms with Gasteiger partial charge in [-0.15, -0.1) is 0 Å². The number of sulfonamides is 1. The van der Waals surface area contributed by atoms with Crippen molar-refractivity contribution in [3.8, 4) is 22.8 Å². The number of para-hydroxylation sites is 1. The quantitative estimate of drug-likeness (QED) is 0.322. The third-order valence-electron chi connectivity index (χ3n) is 5.34. The molecule has 4 rings (SSSR count). The van der Waals surface area contributed by atoms with Crippen LogP contribution in [0.3, 0.4) is 0 Å². The van der Waals surface area contributed by atoms with Crippen LogP contribution < -0.4 is 14.2 Å². The standard InChI is InChI=1S/C24H20F2N2O6S/c1-33-21-8-7-14(9-17(21)25)23(24(29)30)35(31,32)28-15-11-16(22(34-2)18(26)12-15)20-10-13-5-3-4-6-19(13)27-20/h3-12,23,27-28H,1-2H3,(H,29,30). The van der Waals surface area contributed by atoms with Gasteiger partial charge < -0.3 is 19.6 Å². The van der Waals surface area contributed by atoms with Crippen molar-refractivity contribution in [3.63, 3.8) is 0 Å². The van der Waals surface area contributed by atoms with Crippen LogP contribution in [0.1, 0.15) is 10.8 Å². The highest BCUT2D eigenvalue weighted by molar-refractivity contribution is 7.93. The Morgan fingerprint density at radius 3 is 2.37 bits per heavy atom. The van der Waals surface area contributed by atoms with Gasteiger partial charge in [0.05, 0.1) is 25.6 Å². The van der Waals surface area contributed by atoms with E-state index in [0.29, 0.717) is 5.69 Å². The molecular weight excluding hydrogens is 482 g/mol. The lowest BCUT2D eigenvalue weighted by molar-refractivity contribution is -0.136. The number of carboxylic acid groups (broad SMARTS) is 1. The first-order chi connectivity index (χ1) is 16.6. The van der Waals surface area contributed by atoms with Gasteiger partial charge in [-0.25, -0.2) is 17.2 Å².